The first-order chi connectivity index (χ1) is 10.1. The van der Waals surface area contributed by atoms with Gasteiger partial charge < -0.3 is 10.4 Å². The summed E-state index contributed by atoms with van der Waals surface area (Å²) in [6.45, 7) is 2.06. The number of thiazole rings is 1. The Morgan fingerprint density at radius 3 is 2.62 bits per heavy atom. The maximum absolute atomic E-state index is 11.8. The first kappa shape index (κ1) is 15.2. The molecule has 1 amide bonds. The molecule has 2 rings (SSSR count). The quantitative estimate of drug-likeness (QED) is 0.857. The molecule has 0 aliphatic rings. The highest BCUT2D eigenvalue weighted by atomic mass is 32.1. The van der Waals surface area contributed by atoms with Crippen LogP contribution in [0.25, 0.3) is 0 Å². The molecule has 0 radical (unpaired) electrons. The minimum absolute atomic E-state index is 0.0829. The highest BCUT2D eigenvalue weighted by Gasteiger charge is 2.19. The molecule has 6 heteroatoms. The van der Waals surface area contributed by atoms with Crippen LogP contribution in [0, 0.1) is 12.8 Å². The summed E-state index contributed by atoms with van der Waals surface area (Å²) in [4.78, 5) is 27.0. The lowest BCUT2D eigenvalue weighted by molar-refractivity contribution is -0.141. The molecular weight excluding hydrogens is 288 g/mol. The van der Waals surface area contributed by atoms with Crippen molar-refractivity contribution in [2.75, 3.05) is 6.54 Å². The number of carbonyl (C=O) groups is 2. The minimum atomic E-state index is -0.922. The number of aryl methyl sites for hydroxylation is 1. The van der Waals surface area contributed by atoms with E-state index in [1.807, 2.05) is 31.2 Å². The molecule has 0 bridgehead atoms. The van der Waals surface area contributed by atoms with Crippen molar-refractivity contribution >= 4 is 23.2 Å². The Hall–Kier alpha value is -2.21. The Morgan fingerprint density at radius 2 is 2.05 bits per heavy atom. The molecule has 0 unspecified atom stereocenters. The summed E-state index contributed by atoms with van der Waals surface area (Å²) < 4.78 is 0. The monoisotopic (exact) mass is 304 g/mol. The fraction of sp³-hybridized carbons (Fsp3) is 0.267. The van der Waals surface area contributed by atoms with Crippen molar-refractivity contribution in [2.24, 2.45) is 5.92 Å². The van der Waals surface area contributed by atoms with E-state index in [0.29, 0.717) is 12.1 Å². The van der Waals surface area contributed by atoms with Crippen molar-refractivity contribution in [1.82, 2.24) is 10.3 Å². The number of carboxylic acid groups (broad SMARTS) is 1. The van der Waals surface area contributed by atoms with Gasteiger partial charge in [-0.05, 0) is 18.9 Å². The predicted molar refractivity (Wildman–Crippen MR) is 80.5 cm³/mol. The largest absolute Gasteiger partial charge is 0.481 e. The molecule has 1 atom stereocenters. The van der Waals surface area contributed by atoms with Gasteiger partial charge in [0.1, 0.15) is 5.69 Å². The van der Waals surface area contributed by atoms with Crippen LogP contribution in [-0.4, -0.2) is 28.5 Å². The van der Waals surface area contributed by atoms with Crippen LogP contribution in [0.4, 0.5) is 0 Å². The van der Waals surface area contributed by atoms with Crippen molar-refractivity contribution in [3.63, 3.8) is 0 Å². The van der Waals surface area contributed by atoms with Gasteiger partial charge in [0.25, 0.3) is 5.91 Å². The van der Waals surface area contributed by atoms with Gasteiger partial charge in [0.2, 0.25) is 0 Å². The van der Waals surface area contributed by atoms with E-state index in [1.165, 1.54) is 11.3 Å². The SMILES string of the molecule is Cc1ccc(C[C@@H](CNC(=O)c2cscn2)C(=O)O)cc1. The Bertz CT molecular complexity index is 608. The van der Waals surface area contributed by atoms with Gasteiger partial charge in [-0.15, -0.1) is 11.3 Å². The Morgan fingerprint density at radius 1 is 1.33 bits per heavy atom. The number of hydrogen-bond donors (Lipinski definition) is 2. The standard InChI is InChI=1S/C15H16N2O3S/c1-10-2-4-11(5-3-10)6-12(15(19)20)7-16-14(18)13-8-21-9-17-13/h2-5,8-9,12H,6-7H2,1H3,(H,16,18)(H,19,20)/t12-/m0/s1. The maximum Gasteiger partial charge on any atom is 0.308 e. The summed E-state index contributed by atoms with van der Waals surface area (Å²) in [5, 5.41) is 13.5. The van der Waals surface area contributed by atoms with E-state index in [2.05, 4.69) is 10.3 Å². The van der Waals surface area contributed by atoms with E-state index in [9.17, 15) is 14.7 Å². The zero-order chi connectivity index (χ0) is 15.2. The molecule has 1 aromatic heterocycles. The molecule has 0 spiro atoms. The van der Waals surface area contributed by atoms with Crippen LogP contribution in [0.15, 0.2) is 35.2 Å². The summed E-state index contributed by atoms with van der Waals surface area (Å²) in [6.07, 6.45) is 0.382. The maximum atomic E-state index is 11.8. The van der Waals surface area contributed by atoms with Crippen LogP contribution in [0.2, 0.25) is 0 Å². The number of carboxylic acids is 1. The Kier molecular flexibility index (Phi) is 5.05. The summed E-state index contributed by atoms with van der Waals surface area (Å²) >= 11 is 1.32. The number of nitrogens with zero attached hydrogens (tertiary/aromatic N) is 1. The van der Waals surface area contributed by atoms with Gasteiger partial charge in [0.15, 0.2) is 0 Å². The van der Waals surface area contributed by atoms with E-state index < -0.39 is 11.9 Å². The van der Waals surface area contributed by atoms with Gasteiger partial charge in [-0.3, -0.25) is 9.59 Å². The Labute approximate surface area is 126 Å². The van der Waals surface area contributed by atoms with Crippen molar-refractivity contribution in [3.05, 3.63) is 52.0 Å². The molecule has 110 valence electrons. The summed E-state index contributed by atoms with van der Waals surface area (Å²) in [5.74, 6) is -1.92. The molecule has 0 saturated heterocycles. The van der Waals surface area contributed by atoms with E-state index in [1.54, 1.807) is 10.9 Å². The van der Waals surface area contributed by atoms with Crippen LogP contribution in [0.5, 0.6) is 0 Å². The van der Waals surface area contributed by atoms with Gasteiger partial charge in [-0.25, -0.2) is 4.98 Å². The number of rotatable bonds is 6. The zero-order valence-corrected chi connectivity index (χ0v) is 12.4. The second-order valence-electron chi connectivity index (χ2n) is 4.81. The lowest BCUT2D eigenvalue weighted by atomic mass is 9.98. The van der Waals surface area contributed by atoms with Crippen molar-refractivity contribution < 1.29 is 14.7 Å². The van der Waals surface area contributed by atoms with Gasteiger partial charge in [0.05, 0.1) is 11.4 Å². The molecule has 0 saturated carbocycles. The number of carbonyl (C=O) groups excluding carboxylic acids is 1. The zero-order valence-electron chi connectivity index (χ0n) is 11.6. The predicted octanol–water partition coefficient (Wildman–Crippen LogP) is 2.12. The smallest absolute Gasteiger partial charge is 0.308 e. The number of aliphatic carboxylic acids is 1. The molecule has 1 heterocycles. The molecule has 5 nitrogen and oxygen atoms in total. The number of benzene rings is 1. The van der Waals surface area contributed by atoms with E-state index >= 15 is 0 Å². The number of aromatic nitrogens is 1. The van der Waals surface area contributed by atoms with Gasteiger partial charge in [-0.1, -0.05) is 29.8 Å². The lowest BCUT2D eigenvalue weighted by Crippen LogP contribution is -2.34. The molecule has 2 aromatic rings. The fourth-order valence-corrected chi connectivity index (χ4v) is 2.42. The third-order valence-electron chi connectivity index (χ3n) is 3.13. The lowest BCUT2D eigenvalue weighted by Gasteiger charge is -2.13. The van der Waals surface area contributed by atoms with Crippen molar-refractivity contribution in [1.29, 1.82) is 0 Å². The molecule has 2 N–H and O–H groups in total. The second kappa shape index (κ2) is 6.99. The summed E-state index contributed by atoms with van der Waals surface area (Å²) in [5.41, 5.74) is 3.95. The van der Waals surface area contributed by atoms with Crippen molar-refractivity contribution in [2.45, 2.75) is 13.3 Å². The van der Waals surface area contributed by atoms with E-state index in [-0.39, 0.29) is 12.5 Å². The molecule has 0 fully saturated rings. The molecular formula is C15H16N2O3S. The molecule has 0 aliphatic carbocycles. The second-order valence-corrected chi connectivity index (χ2v) is 5.53. The van der Waals surface area contributed by atoms with E-state index in [4.69, 9.17) is 0 Å². The van der Waals surface area contributed by atoms with Gasteiger partial charge in [0, 0.05) is 11.9 Å². The first-order valence-electron chi connectivity index (χ1n) is 6.51. The number of hydrogen-bond acceptors (Lipinski definition) is 4. The van der Waals surface area contributed by atoms with Crippen LogP contribution in [0.3, 0.4) is 0 Å². The first-order valence-corrected chi connectivity index (χ1v) is 7.45. The fourth-order valence-electron chi connectivity index (χ4n) is 1.89. The van der Waals surface area contributed by atoms with Crippen LogP contribution < -0.4 is 5.32 Å². The molecule has 0 aliphatic heterocycles. The Balaban J connectivity index is 1.94. The number of amides is 1. The van der Waals surface area contributed by atoms with Crippen LogP contribution >= 0.6 is 11.3 Å². The van der Waals surface area contributed by atoms with Crippen LogP contribution in [-0.2, 0) is 11.2 Å². The average molecular weight is 304 g/mol. The van der Waals surface area contributed by atoms with Gasteiger partial charge >= 0.3 is 5.97 Å². The number of nitrogens with one attached hydrogen (secondary N) is 1. The summed E-state index contributed by atoms with van der Waals surface area (Å²) in [7, 11) is 0. The van der Waals surface area contributed by atoms with E-state index in [0.717, 1.165) is 11.1 Å². The highest BCUT2D eigenvalue weighted by molar-refractivity contribution is 7.07. The molecule has 1 aromatic carbocycles. The van der Waals surface area contributed by atoms with Crippen LogP contribution in [0.1, 0.15) is 21.6 Å². The molecule has 21 heavy (non-hydrogen) atoms. The van der Waals surface area contributed by atoms with Crippen molar-refractivity contribution in [3.8, 4) is 0 Å². The summed E-state index contributed by atoms with van der Waals surface area (Å²) in [6, 6.07) is 7.71. The highest BCUT2D eigenvalue weighted by Crippen LogP contribution is 2.11. The normalized spacial score (nSPS) is 11.9. The topological polar surface area (TPSA) is 79.3 Å². The van der Waals surface area contributed by atoms with Gasteiger partial charge in [-0.2, -0.15) is 0 Å². The average Bonchev–Trinajstić information content (AvgIpc) is 2.99. The minimum Gasteiger partial charge on any atom is -0.481 e. The third kappa shape index (κ3) is 4.39. The third-order valence-corrected chi connectivity index (χ3v) is 3.71.